The first kappa shape index (κ1) is 26.4. The van der Waals surface area contributed by atoms with Gasteiger partial charge >= 0.3 is 0 Å². The first-order valence-electron chi connectivity index (χ1n) is 11.7. The number of anilines is 1. The first-order chi connectivity index (χ1) is 17.5. The molecule has 3 rings (SSSR count). The lowest BCUT2D eigenvalue weighted by Gasteiger charge is -2.19. The summed E-state index contributed by atoms with van der Waals surface area (Å²) in [6, 6.07) is 19.7. The average molecular weight is 493 g/mol. The number of carbonyl (C=O) groups excluding carboxylic acids is 2. The number of para-hydroxylation sites is 3. The Bertz CT molecular complexity index is 1180. The third kappa shape index (κ3) is 6.69. The molecule has 0 spiro atoms. The van der Waals surface area contributed by atoms with Gasteiger partial charge in [0.15, 0.2) is 29.1 Å². The van der Waals surface area contributed by atoms with Crippen LogP contribution < -0.4 is 29.6 Å². The average Bonchev–Trinajstić information content (AvgIpc) is 2.91. The largest absolute Gasteiger partial charge is 0.493 e. The summed E-state index contributed by atoms with van der Waals surface area (Å²) in [5.74, 6) is 1.66. The molecule has 8 heteroatoms. The van der Waals surface area contributed by atoms with E-state index < -0.39 is 6.10 Å². The van der Waals surface area contributed by atoms with Crippen molar-refractivity contribution >= 4 is 17.5 Å². The highest BCUT2D eigenvalue weighted by atomic mass is 16.5. The van der Waals surface area contributed by atoms with Gasteiger partial charge in [-0.1, -0.05) is 37.3 Å². The van der Waals surface area contributed by atoms with Crippen LogP contribution in [0.4, 0.5) is 5.69 Å². The predicted molar refractivity (Wildman–Crippen MR) is 138 cm³/mol. The molecule has 0 aliphatic heterocycles. The Balaban J connectivity index is 1.64. The maximum atomic E-state index is 13.0. The normalized spacial score (nSPS) is 11.2. The molecule has 8 nitrogen and oxygen atoms in total. The zero-order chi connectivity index (χ0) is 25.9. The molecule has 3 aromatic rings. The molecule has 0 bridgehead atoms. The summed E-state index contributed by atoms with van der Waals surface area (Å²) < 4.78 is 21.8. The second kappa shape index (κ2) is 13.0. The van der Waals surface area contributed by atoms with Crippen LogP contribution in [0.1, 0.15) is 29.3 Å². The number of hydrogen-bond donors (Lipinski definition) is 2. The number of nitrogens with one attached hydrogen (secondary N) is 2. The molecular formula is C28H32N2O6. The Labute approximate surface area is 211 Å². The Morgan fingerprint density at radius 3 is 2.14 bits per heavy atom. The van der Waals surface area contributed by atoms with Crippen LogP contribution in [-0.2, 0) is 11.2 Å². The molecule has 2 amide bonds. The minimum Gasteiger partial charge on any atom is -0.493 e. The van der Waals surface area contributed by atoms with Crippen molar-refractivity contribution in [3.8, 4) is 23.0 Å². The van der Waals surface area contributed by atoms with E-state index in [9.17, 15) is 9.59 Å². The molecule has 0 aliphatic carbocycles. The number of ether oxygens (including phenoxy) is 4. The molecule has 0 aliphatic rings. The molecule has 0 aromatic heterocycles. The van der Waals surface area contributed by atoms with Gasteiger partial charge in [-0.15, -0.1) is 0 Å². The van der Waals surface area contributed by atoms with Crippen molar-refractivity contribution in [2.75, 3.05) is 33.2 Å². The highest BCUT2D eigenvalue weighted by Gasteiger charge is 2.22. The standard InChI is InChI=1S/C28H32N2O6/c1-5-22(36-25-13-9-8-12-23(25)33-2)28(32)30-21-11-7-6-10-20(21)27(31)29-17-16-19-14-15-24(34-3)26(18-19)35-4/h6-15,18,22H,5,16-17H2,1-4H3,(H,29,31)(H,30,32)/t22-/m0/s1. The molecule has 0 fully saturated rings. The van der Waals surface area contributed by atoms with Crippen LogP contribution in [0.25, 0.3) is 0 Å². The van der Waals surface area contributed by atoms with Crippen LogP contribution in [0.15, 0.2) is 66.7 Å². The fourth-order valence-electron chi connectivity index (χ4n) is 3.65. The molecule has 0 saturated carbocycles. The van der Waals surface area contributed by atoms with Gasteiger partial charge in [-0.25, -0.2) is 0 Å². The zero-order valence-electron chi connectivity index (χ0n) is 21.0. The lowest BCUT2D eigenvalue weighted by molar-refractivity contribution is -0.122. The number of methoxy groups -OCH3 is 3. The summed E-state index contributed by atoms with van der Waals surface area (Å²) in [5, 5.41) is 5.76. The lowest BCUT2D eigenvalue weighted by Crippen LogP contribution is -2.34. The first-order valence-corrected chi connectivity index (χ1v) is 11.7. The molecule has 1 atom stereocenters. The number of amides is 2. The molecule has 190 valence electrons. The number of hydrogen-bond acceptors (Lipinski definition) is 6. The fourth-order valence-corrected chi connectivity index (χ4v) is 3.65. The van der Waals surface area contributed by atoms with Gasteiger partial charge in [0, 0.05) is 6.54 Å². The van der Waals surface area contributed by atoms with Gasteiger partial charge in [-0.2, -0.15) is 0 Å². The van der Waals surface area contributed by atoms with Crippen molar-refractivity contribution in [1.82, 2.24) is 5.32 Å². The monoisotopic (exact) mass is 492 g/mol. The molecular weight excluding hydrogens is 460 g/mol. The van der Waals surface area contributed by atoms with Gasteiger partial charge in [0.05, 0.1) is 32.6 Å². The van der Waals surface area contributed by atoms with Crippen LogP contribution in [0.5, 0.6) is 23.0 Å². The van der Waals surface area contributed by atoms with E-state index in [1.165, 1.54) is 0 Å². The maximum absolute atomic E-state index is 13.0. The third-order valence-electron chi connectivity index (χ3n) is 5.58. The third-order valence-corrected chi connectivity index (χ3v) is 5.58. The minimum atomic E-state index is -0.762. The Kier molecular flexibility index (Phi) is 9.56. The number of rotatable bonds is 12. The van der Waals surface area contributed by atoms with E-state index in [0.29, 0.717) is 53.6 Å². The van der Waals surface area contributed by atoms with Gasteiger partial charge < -0.3 is 29.6 Å². The highest BCUT2D eigenvalue weighted by molar-refractivity contribution is 6.04. The Hall–Kier alpha value is -4.20. The molecule has 2 N–H and O–H groups in total. The summed E-state index contributed by atoms with van der Waals surface area (Å²) in [6.45, 7) is 2.26. The minimum absolute atomic E-state index is 0.287. The van der Waals surface area contributed by atoms with Gasteiger partial charge in [-0.3, -0.25) is 9.59 Å². The van der Waals surface area contributed by atoms with Crippen LogP contribution in [0.3, 0.4) is 0 Å². The number of carbonyl (C=O) groups is 2. The summed E-state index contributed by atoms with van der Waals surface area (Å²) >= 11 is 0. The summed E-state index contributed by atoms with van der Waals surface area (Å²) in [7, 11) is 4.71. The molecule has 3 aromatic carbocycles. The van der Waals surface area contributed by atoms with E-state index in [4.69, 9.17) is 18.9 Å². The quantitative estimate of drug-likeness (QED) is 0.387. The van der Waals surface area contributed by atoms with Crippen LogP contribution in [-0.4, -0.2) is 45.8 Å². The van der Waals surface area contributed by atoms with Crippen molar-refractivity contribution in [1.29, 1.82) is 0 Å². The van der Waals surface area contributed by atoms with Crippen molar-refractivity contribution in [3.63, 3.8) is 0 Å². The Morgan fingerprint density at radius 2 is 1.44 bits per heavy atom. The van der Waals surface area contributed by atoms with Gasteiger partial charge in [0.1, 0.15) is 0 Å². The topological polar surface area (TPSA) is 95.1 Å². The molecule has 0 heterocycles. The lowest BCUT2D eigenvalue weighted by atomic mass is 10.1. The van der Waals surface area contributed by atoms with E-state index in [-0.39, 0.29) is 11.8 Å². The van der Waals surface area contributed by atoms with Gasteiger partial charge in [-0.05, 0) is 54.8 Å². The summed E-state index contributed by atoms with van der Waals surface area (Å²) in [5.41, 5.74) is 1.77. The molecule has 0 saturated heterocycles. The van der Waals surface area contributed by atoms with E-state index in [2.05, 4.69) is 10.6 Å². The second-order valence-electron chi connectivity index (χ2n) is 7.90. The van der Waals surface area contributed by atoms with Crippen molar-refractivity contribution in [2.45, 2.75) is 25.9 Å². The SMILES string of the molecule is CC[C@H](Oc1ccccc1OC)C(=O)Nc1ccccc1C(=O)NCCc1ccc(OC)c(OC)c1. The maximum Gasteiger partial charge on any atom is 0.265 e. The van der Waals surface area contributed by atoms with Gasteiger partial charge in [0.2, 0.25) is 0 Å². The van der Waals surface area contributed by atoms with E-state index in [1.54, 1.807) is 57.7 Å². The smallest absolute Gasteiger partial charge is 0.265 e. The van der Waals surface area contributed by atoms with E-state index in [1.807, 2.05) is 37.3 Å². The fraction of sp³-hybridized carbons (Fsp3) is 0.286. The summed E-state index contributed by atoms with van der Waals surface area (Å²) in [4.78, 5) is 25.9. The second-order valence-corrected chi connectivity index (χ2v) is 7.90. The Morgan fingerprint density at radius 1 is 0.806 bits per heavy atom. The predicted octanol–water partition coefficient (Wildman–Crippen LogP) is 4.48. The summed E-state index contributed by atoms with van der Waals surface area (Å²) in [6.07, 6.45) is 0.275. The van der Waals surface area contributed by atoms with Crippen molar-refractivity contribution in [3.05, 3.63) is 77.9 Å². The van der Waals surface area contributed by atoms with E-state index >= 15 is 0 Å². The molecule has 0 radical (unpaired) electrons. The molecule has 0 unspecified atom stereocenters. The number of benzene rings is 3. The van der Waals surface area contributed by atoms with Crippen molar-refractivity contribution in [2.24, 2.45) is 0 Å². The van der Waals surface area contributed by atoms with Crippen LogP contribution >= 0.6 is 0 Å². The van der Waals surface area contributed by atoms with Crippen LogP contribution in [0, 0.1) is 0 Å². The zero-order valence-corrected chi connectivity index (χ0v) is 21.0. The molecule has 36 heavy (non-hydrogen) atoms. The highest BCUT2D eigenvalue weighted by Crippen LogP contribution is 2.29. The van der Waals surface area contributed by atoms with Crippen LogP contribution in [0.2, 0.25) is 0 Å². The van der Waals surface area contributed by atoms with Gasteiger partial charge in [0.25, 0.3) is 11.8 Å². The van der Waals surface area contributed by atoms with Crippen molar-refractivity contribution < 1.29 is 28.5 Å². The van der Waals surface area contributed by atoms with E-state index in [0.717, 1.165) is 5.56 Å².